The highest BCUT2D eigenvalue weighted by molar-refractivity contribution is 5.85. The van der Waals surface area contributed by atoms with Gasteiger partial charge in [0.1, 0.15) is 6.54 Å². The zero-order valence-electron chi connectivity index (χ0n) is 16.3. The van der Waals surface area contributed by atoms with Crippen LogP contribution >= 0.6 is 12.4 Å². The van der Waals surface area contributed by atoms with Gasteiger partial charge in [0.05, 0.1) is 6.54 Å². The Balaban J connectivity index is 0.00000225. The third kappa shape index (κ3) is 4.55. The summed E-state index contributed by atoms with van der Waals surface area (Å²) in [4.78, 5) is 19.1. The predicted molar refractivity (Wildman–Crippen MR) is 106 cm³/mol. The number of nitrogens with zero attached hydrogens (tertiary/aromatic N) is 5. The maximum absolute atomic E-state index is 12.9. The molecule has 2 aromatic heterocycles. The van der Waals surface area contributed by atoms with Crippen molar-refractivity contribution in [3.8, 4) is 0 Å². The third-order valence-corrected chi connectivity index (χ3v) is 5.75. The van der Waals surface area contributed by atoms with Crippen LogP contribution in [0.4, 0.5) is 0 Å². The largest absolute Gasteiger partial charge is 0.339 e. The van der Waals surface area contributed by atoms with Gasteiger partial charge in [-0.25, -0.2) is 0 Å². The molecule has 0 spiro atoms. The molecule has 28 heavy (non-hydrogen) atoms. The molecule has 2 fully saturated rings. The molecule has 1 saturated carbocycles. The van der Waals surface area contributed by atoms with E-state index in [9.17, 15) is 4.79 Å². The van der Waals surface area contributed by atoms with Crippen molar-refractivity contribution in [3.05, 3.63) is 29.7 Å². The number of piperidine rings is 1. The maximum Gasteiger partial charge on any atom is 0.244 e. The molecule has 1 unspecified atom stereocenters. The Morgan fingerprint density at radius 2 is 2.14 bits per heavy atom. The second-order valence-corrected chi connectivity index (χ2v) is 7.54. The highest BCUT2D eigenvalue weighted by atomic mass is 35.5. The molecule has 0 bridgehead atoms. The number of carbonyl (C=O) groups excluding carboxylic acids is 1. The van der Waals surface area contributed by atoms with E-state index >= 15 is 0 Å². The molecule has 0 aromatic carbocycles. The summed E-state index contributed by atoms with van der Waals surface area (Å²) >= 11 is 0. The zero-order valence-corrected chi connectivity index (χ0v) is 17.2. The Kier molecular flexibility index (Phi) is 7.07. The summed E-state index contributed by atoms with van der Waals surface area (Å²) in [7, 11) is 0. The van der Waals surface area contributed by atoms with Gasteiger partial charge in [-0.2, -0.15) is 10.1 Å². The second kappa shape index (κ2) is 9.52. The van der Waals surface area contributed by atoms with Gasteiger partial charge in [0.15, 0.2) is 5.82 Å². The summed E-state index contributed by atoms with van der Waals surface area (Å²) < 4.78 is 7.22. The monoisotopic (exact) mass is 408 g/mol. The maximum atomic E-state index is 12.9. The van der Waals surface area contributed by atoms with Crippen LogP contribution in [0.25, 0.3) is 0 Å². The van der Waals surface area contributed by atoms with Gasteiger partial charge in [-0.1, -0.05) is 11.6 Å². The molecule has 1 saturated heterocycles. The molecule has 1 amide bonds. The van der Waals surface area contributed by atoms with Crippen molar-refractivity contribution in [2.24, 2.45) is 0 Å². The first-order valence-electron chi connectivity index (χ1n) is 10.1. The van der Waals surface area contributed by atoms with Gasteiger partial charge in [0, 0.05) is 36.8 Å². The molecule has 154 valence electrons. The fraction of sp³-hybridized carbons (Fsp3) is 0.684. The lowest BCUT2D eigenvalue weighted by molar-refractivity contribution is -0.132. The Morgan fingerprint density at radius 1 is 1.32 bits per heavy atom. The van der Waals surface area contributed by atoms with Crippen molar-refractivity contribution < 1.29 is 9.32 Å². The minimum atomic E-state index is 0. The van der Waals surface area contributed by atoms with Gasteiger partial charge in [0.2, 0.25) is 11.8 Å². The lowest BCUT2D eigenvalue weighted by Crippen LogP contribution is -2.35. The molecule has 2 aromatic rings. The smallest absolute Gasteiger partial charge is 0.244 e. The molecule has 9 heteroatoms. The average Bonchev–Trinajstić information content (AvgIpc) is 3.28. The standard InChI is InChI=1S/C19H28N6O2.ClH/c1-2-24(12-17-22-19(27-23-17)14-5-3-6-14)18(26)13-25-16(8-10-21-25)15-7-4-9-20-11-15;/h8,10,14-15,20H,2-7,9,11-13H2,1H3;1H. The zero-order chi connectivity index (χ0) is 18.6. The Morgan fingerprint density at radius 3 is 2.82 bits per heavy atom. The normalized spacial score (nSPS) is 19.7. The van der Waals surface area contributed by atoms with E-state index in [1.165, 1.54) is 6.42 Å². The first kappa shape index (κ1) is 20.8. The van der Waals surface area contributed by atoms with E-state index in [-0.39, 0.29) is 24.9 Å². The van der Waals surface area contributed by atoms with Gasteiger partial charge in [0.25, 0.3) is 0 Å². The van der Waals surface area contributed by atoms with E-state index in [4.69, 9.17) is 4.52 Å². The fourth-order valence-electron chi connectivity index (χ4n) is 3.85. The molecule has 1 aliphatic carbocycles. The van der Waals surface area contributed by atoms with Crippen molar-refractivity contribution in [2.75, 3.05) is 19.6 Å². The number of amides is 1. The molecular formula is C19H29ClN6O2. The molecule has 0 radical (unpaired) electrons. The SMILES string of the molecule is CCN(Cc1noc(C2CCC2)n1)C(=O)Cn1nccc1C1CCCNC1.Cl. The number of halogens is 1. The predicted octanol–water partition coefficient (Wildman–Crippen LogP) is 2.47. The first-order chi connectivity index (χ1) is 13.2. The third-order valence-electron chi connectivity index (χ3n) is 5.75. The van der Waals surface area contributed by atoms with Crippen molar-refractivity contribution >= 4 is 18.3 Å². The van der Waals surface area contributed by atoms with E-state index in [1.807, 2.05) is 17.7 Å². The van der Waals surface area contributed by atoms with Gasteiger partial charge in [-0.05, 0) is 45.2 Å². The summed E-state index contributed by atoms with van der Waals surface area (Å²) in [5, 5.41) is 11.9. The van der Waals surface area contributed by atoms with E-state index < -0.39 is 0 Å². The summed E-state index contributed by atoms with van der Waals surface area (Å²) in [5.41, 5.74) is 1.14. The number of hydrogen-bond donors (Lipinski definition) is 1. The van der Waals surface area contributed by atoms with E-state index in [0.717, 1.165) is 50.4 Å². The van der Waals surface area contributed by atoms with E-state index in [2.05, 4.69) is 20.6 Å². The number of carbonyl (C=O) groups is 1. The lowest BCUT2D eigenvalue weighted by atomic mass is 9.85. The number of hydrogen-bond acceptors (Lipinski definition) is 6. The van der Waals surface area contributed by atoms with Gasteiger partial charge < -0.3 is 14.7 Å². The van der Waals surface area contributed by atoms with Crippen LogP contribution in [0.15, 0.2) is 16.8 Å². The van der Waals surface area contributed by atoms with Crippen LogP contribution in [-0.4, -0.2) is 50.4 Å². The number of rotatable bonds is 7. The minimum absolute atomic E-state index is 0. The molecule has 1 atom stereocenters. The lowest BCUT2D eigenvalue weighted by Gasteiger charge is -2.24. The molecule has 1 aliphatic heterocycles. The van der Waals surface area contributed by atoms with Crippen LogP contribution in [0.5, 0.6) is 0 Å². The quantitative estimate of drug-likeness (QED) is 0.757. The summed E-state index contributed by atoms with van der Waals surface area (Å²) in [6.45, 7) is 5.23. The highest BCUT2D eigenvalue weighted by Crippen LogP contribution is 2.35. The van der Waals surface area contributed by atoms with Crippen LogP contribution in [-0.2, 0) is 17.9 Å². The first-order valence-corrected chi connectivity index (χ1v) is 10.1. The van der Waals surface area contributed by atoms with Crippen LogP contribution in [0.1, 0.15) is 68.3 Å². The van der Waals surface area contributed by atoms with Crippen molar-refractivity contribution in [1.29, 1.82) is 0 Å². The average molecular weight is 409 g/mol. The highest BCUT2D eigenvalue weighted by Gasteiger charge is 2.26. The Hall–Kier alpha value is -1.93. The number of nitrogens with one attached hydrogen (secondary N) is 1. The van der Waals surface area contributed by atoms with Gasteiger partial charge in [-0.3, -0.25) is 9.48 Å². The van der Waals surface area contributed by atoms with Crippen LogP contribution in [0, 0.1) is 0 Å². The minimum Gasteiger partial charge on any atom is -0.339 e. The van der Waals surface area contributed by atoms with Crippen molar-refractivity contribution in [2.45, 2.75) is 64.0 Å². The Labute approximate surface area is 171 Å². The Bertz CT molecular complexity index is 766. The number of aromatic nitrogens is 4. The van der Waals surface area contributed by atoms with Crippen LogP contribution in [0.3, 0.4) is 0 Å². The van der Waals surface area contributed by atoms with Crippen molar-refractivity contribution in [3.63, 3.8) is 0 Å². The molecule has 1 N–H and O–H groups in total. The van der Waals surface area contributed by atoms with Crippen molar-refractivity contribution in [1.82, 2.24) is 30.1 Å². The molecule has 3 heterocycles. The molecule has 8 nitrogen and oxygen atoms in total. The van der Waals surface area contributed by atoms with Gasteiger partial charge >= 0.3 is 0 Å². The summed E-state index contributed by atoms with van der Waals surface area (Å²) in [5.74, 6) is 2.17. The molecule has 4 rings (SSSR count). The van der Waals surface area contributed by atoms with E-state index in [1.54, 1.807) is 11.1 Å². The number of likely N-dealkylation sites (N-methyl/N-ethyl adjacent to an activating group) is 1. The van der Waals surface area contributed by atoms with Gasteiger partial charge in [-0.15, -0.1) is 12.4 Å². The molecular weight excluding hydrogens is 380 g/mol. The topological polar surface area (TPSA) is 89.1 Å². The summed E-state index contributed by atoms with van der Waals surface area (Å²) in [6, 6.07) is 2.03. The molecule has 2 aliphatic rings. The summed E-state index contributed by atoms with van der Waals surface area (Å²) in [6.07, 6.45) is 7.55. The van der Waals surface area contributed by atoms with Crippen LogP contribution in [0.2, 0.25) is 0 Å². The second-order valence-electron chi connectivity index (χ2n) is 7.54. The fourth-order valence-corrected chi connectivity index (χ4v) is 3.85. The van der Waals surface area contributed by atoms with E-state index in [0.29, 0.717) is 30.7 Å². The van der Waals surface area contributed by atoms with Crippen LogP contribution < -0.4 is 5.32 Å².